The molecule has 0 aliphatic carbocycles. The standard InChI is InChI=1S/C10H10N2O3/c1-6-10(13)8-4-3-7(12(14)15)5-9(8)11(6)2/h3-6H,1-2H3. The first-order valence-electron chi connectivity index (χ1n) is 4.58. The Morgan fingerprint density at radius 2 is 2.13 bits per heavy atom. The number of ketones is 1. The molecule has 1 aliphatic rings. The van der Waals surface area contributed by atoms with E-state index in [9.17, 15) is 14.9 Å². The van der Waals surface area contributed by atoms with Gasteiger partial charge < -0.3 is 4.90 Å². The fraction of sp³-hybridized carbons (Fsp3) is 0.300. The van der Waals surface area contributed by atoms with Crippen LogP contribution in [0.1, 0.15) is 17.3 Å². The third-order valence-corrected chi connectivity index (χ3v) is 2.80. The summed E-state index contributed by atoms with van der Waals surface area (Å²) >= 11 is 0. The summed E-state index contributed by atoms with van der Waals surface area (Å²) in [4.78, 5) is 23.5. The Morgan fingerprint density at radius 1 is 1.47 bits per heavy atom. The van der Waals surface area contributed by atoms with Gasteiger partial charge in [-0.1, -0.05) is 0 Å². The average molecular weight is 206 g/mol. The summed E-state index contributed by atoms with van der Waals surface area (Å²) in [6, 6.07) is 4.09. The summed E-state index contributed by atoms with van der Waals surface area (Å²) in [5.74, 6) is 0.0161. The number of anilines is 1. The summed E-state index contributed by atoms with van der Waals surface area (Å²) in [6.45, 7) is 1.79. The molecule has 1 atom stereocenters. The normalized spacial score (nSPS) is 19.2. The van der Waals surface area contributed by atoms with Gasteiger partial charge in [-0.25, -0.2) is 0 Å². The SMILES string of the molecule is CC1C(=O)c2ccc([N+](=O)[O-])cc2N1C. The molecule has 0 N–H and O–H groups in total. The number of carbonyl (C=O) groups excluding carboxylic acids is 1. The second-order valence-electron chi connectivity index (χ2n) is 3.61. The van der Waals surface area contributed by atoms with E-state index in [1.807, 2.05) is 0 Å². The van der Waals surface area contributed by atoms with E-state index in [-0.39, 0.29) is 17.5 Å². The number of nitrogens with zero attached hydrogens (tertiary/aromatic N) is 2. The Kier molecular flexibility index (Phi) is 1.96. The molecule has 0 spiro atoms. The number of carbonyl (C=O) groups is 1. The Balaban J connectivity index is 2.56. The Hall–Kier alpha value is -1.91. The lowest BCUT2D eigenvalue weighted by Gasteiger charge is -2.16. The monoisotopic (exact) mass is 206 g/mol. The van der Waals surface area contributed by atoms with E-state index in [1.165, 1.54) is 18.2 Å². The lowest BCUT2D eigenvalue weighted by molar-refractivity contribution is -0.384. The first kappa shape index (κ1) is 9.64. The molecule has 1 aliphatic heterocycles. The van der Waals surface area contributed by atoms with Crippen molar-refractivity contribution in [2.24, 2.45) is 0 Å². The summed E-state index contributed by atoms with van der Waals surface area (Å²) in [5.41, 5.74) is 1.22. The molecule has 5 nitrogen and oxygen atoms in total. The smallest absolute Gasteiger partial charge is 0.271 e. The molecule has 0 bridgehead atoms. The van der Waals surface area contributed by atoms with Crippen molar-refractivity contribution in [1.82, 2.24) is 0 Å². The van der Waals surface area contributed by atoms with Crippen molar-refractivity contribution < 1.29 is 9.72 Å². The molecule has 0 aromatic heterocycles. The maximum Gasteiger partial charge on any atom is 0.271 e. The number of hydrogen-bond donors (Lipinski definition) is 0. The van der Waals surface area contributed by atoms with Crippen molar-refractivity contribution in [3.8, 4) is 0 Å². The van der Waals surface area contributed by atoms with Gasteiger partial charge in [-0.05, 0) is 13.0 Å². The number of nitro groups is 1. The van der Waals surface area contributed by atoms with Gasteiger partial charge in [-0.3, -0.25) is 14.9 Å². The van der Waals surface area contributed by atoms with Crippen molar-refractivity contribution in [1.29, 1.82) is 0 Å². The quantitative estimate of drug-likeness (QED) is 0.517. The number of rotatable bonds is 1. The van der Waals surface area contributed by atoms with Gasteiger partial charge in [0, 0.05) is 24.7 Å². The average Bonchev–Trinajstić information content (AvgIpc) is 2.44. The first-order chi connectivity index (χ1) is 7.02. The van der Waals surface area contributed by atoms with Crippen molar-refractivity contribution >= 4 is 17.2 Å². The molecule has 1 aromatic rings. The Labute approximate surface area is 86.5 Å². The molecule has 0 saturated heterocycles. The minimum atomic E-state index is -0.457. The lowest BCUT2D eigenvalue weighted by Crippen LogP contribution is -2.28. The van der Waals surface area contributed by atoms with E-state index in [4.69, 9.17) is 0 Å². The molecular formula is C10H10N2O3. The second-order valence-corrected chi connectivity index (χ2v) is 3.61. The summed E-state index contributed by atoms with van der Waals surface area (Å²) in [7, 11) is 1.76. The maximum atomic E-state index is 11.7. The highest BCUT2D eigenvalue weighted by molar-refractivity contribution is 6.10. The number of fused-ring (bicyclic) bond motifs is 1. The zero-order valence-electron chi connectivity index (χ0n) is 8.43. The van der Waals surface area contributed by atoms with Crippen molar-refractivity contribution in [2.45, 2.75) is 13.0 Å². The van der Waals surface area contributed by atoms with Gasteiger partial charge in [-0.15, -0.1) is 0 Å². The maximum absolute atomic E-state index is 11.7. The Morgan fingerprint density at radius 3 is 2.73 bits per heavy atom. The summed E-state index contributed by atoms with van der Waals surface area (Å²) in [5, 5.41) is 10.6. The van der Waals surface area contributed by atoms with Gasteiger partial charge >= 0.3 is 0 Å². The van der Waals surface area contributed by atoms with E-state index in [0.29, 0.717) is 11.3 Å². The molecule has 1 aromatic carbocycles. The largest absolute Gasteiger partial charge is 0.364 e. The van der Waals surface area contributed by atoms with Crippen LogP contribution in [-0.2, 0) is 0 Å². The van der Waals surface area contributed by atoms with Crippen LogP contribution in [0.4, 0.5) is 11.4 Å². The number of hydrogen-bond acceptors (Lipinski definition) is 4. The van der Waals surface area contributed by atoms with E-state index in [0.717, 1.165) is 0 Å². The number of non-ortho nitro benzene ring substituents is 1. The van der Waals surface area contributed by atoms with Crippen LogP contribution in [0.5, 0.6) is 0 Å². The van der Waals surface area contributed by atoms with Gasteiger partial charge in [0.2, 0.25) is 0 Å². The van der Waals surface area contributed by atoms with Gasteiger partial charge in [0.15, 0.2) is 5.78 Å². The highest BCUT2D eigenvalue weighted by Crippen LogP contribution is 2.33. The molecule has 1 unspecified atom stereocenters. The predicted molar refractivity (Wildman–Crippen MR) is 55.3 cm³/mol. The second kappa shape index (κ2) is 3.05. The summed E-state index contributed by atoms with van der Waals surface area (Å²) < 4.78 is 0. The van der Waals surface area contributed by atoms with Crippen LogP contribution in [0.25, 0.3) is 0 Å². The number of Topliss-reactive ketones (excluding diaryl/α,β-unsaturated/α-hetero) is 1. The highest BCUT2D eigenvalue weighted by Gasteiger charge is 2.32. The first-order valence-corrected chi connectivity index (χ1v) is 4.58. The molecule has 78 valence electrons. The van der Waals surface area contributed by atoms with Crippen LogP contribution < -0.4 is 4.90 Å². The van der Waals surface area contributed by atoms with Gasteiger partial charge in [0.25, 0.3) is 5.69 Å². The fourth-order valence-electron chi connectivity index (χ4n) is 1.74. The van der Waals surface area contributed by atoms with Crippen LogP contribution in [0, 0.1) is 10.1 Å². The van der Waals surface area contributed by atoms with Crippen LogP contribution in [0.15, 0.2) is 18.2 Å². The Bertz CT molecular complexity index is 456. The topological polar surface area (TPSA) is 63.4 Å². The van der Waals surface area contributed by atoms with E-state index < -0.39 is 4.92 Å². The predicted octanol–water partition coefficient (Wildman–Crippen LogP) is 1.62. The fourth-order valence-corrected chi connectivity index (χ4v) is 1.74. The number of nitro benzene ring substituents is 1. The minimum Gasteiger partial charge on any atom is -0.364 e. The third-order valence-electron chi connectivity index (χ3n) is 2.80. The molecule has 0 fully saturated rings. The lowest BCUT2D eigenvalue weighted by atomic mass is 10.1. The molecular weight excluding hydrogens is 196 g/mol. The minimum absolute atomic E-state index is 0.0161. The van der Waals surface area contributed by atoms with Crippen molar-refractivity contribution in [2.75, 3.05) is 11.9 Å². The highest BCUT2D eigenvalue weighted by atomic mass is 16.6. The molecule has 0 saturated carbocycles. The number of likely N-dealkylation sites (N-methyl/N-ethyl adjacent to an activating group) is 1. The summed E-state index contributed by atoms with van der Waals surface area (Å²) in [6.07, 6.45) is 0. The van der Waals surface area contributed by atoms with E-state index in [1.54, 1.807) is 18.9 Å². The van der Waals surface area contributed by atoms with Crippen LogP contribution in [0.2, 0.25) is 0 Å². The zero-order valence-corrected chi connectivity index (χ0v) is 8.43. The number of benzene rings is 1. The molecule has 1 heterocycles. The van der Waals surface area contributed by atoms with Gasteiger partial charge in [0.1, 0.15) is 0 Å². The molecule has 0 radical (unpaired) electrons. The van der Waals surface area contributed by atoms with Crippen LogP contribution in [-0.4, -0.2) is 23.8 Å². The van der Waals surface area contributed by atoms with Crippen LogP contribution in [0.3, 0.4) is 0 Å². The molecule has 2 rings (SSSR count). The zero-order chi connectivity index (χ0) is 11.2. The third kappa shape index (κ3) is 1.27. The van der Waals surface area contributed by atoms with Crippen molar-refractivity contribution in [3.05, 3.63) is 33.9 Å². The van der Waals surface area contributed by atoms with E-state index >= 15 is 0 Å². The van der Waals surface area contributed by atoms with Gasteiger partial charge in [-0.2, -0.15) is 0 Å². The van der Waals surface area contributed by atoms with Gasteiger partial charge in [0.05, 0.1) is 16.7 Å². The molecule has 0 amide bonds. The molecule has 5 heteroatoms. The van der Waals surface area contributed by atoms with Crippen LogP contribution >= 0.6 is 0 Å². The van der Waals surface area contributed by atoms with E-state index in [2.05, 4.69) is 0 Å². The van der Waals surface area contributed by atoms with Crippen molar-refractivity contribution in [3.63, 3.8) is 0 Å². The molecule has 15 heavy (non-hydrogen) atoms.